The first-order chi connectivity index (χ1) is 6.45. The molecule has 2 aliphatic rings. The SMILES string of the molecule is C1=C(CCNC2CSC2)CCOC1. The molecule has 0 aromatic heterocycles. The molecule has 1 fully saturated rings. The summed E-state index contributed by atoms with van der Waals surface area (Å²) >= 11 is 2.03. The van der Waals surface area contributed by atoms with E-state index in [1.807, 2.05) is 11.8 Å². The fourth-order valence-electron chi connectivity index (χ4n) is 1.58. The Morgan fingerprint density at radius 3 is 3.08 bits per heavy atom. The van der Waals surface area contributed by atoms with Crippen LogP contribution in [0, 0.1) is 0 Å². The van der Waals surface area contributed by atoms with Gasteiger partial charge in [-0.3, -0.25) is 0 Å². The van der Waals surface area contributed by atoms with Gasteiger partial charge in [-0.05, 0) is 19.4 Å². The normalized spacial score (nSPS) is 23.8. The van der Waals surface area contributed by atoms with Gasteiger partial charge in [0.05, 0.1) is 13.2 Å². The predicted octanol–water partition coefficient (Wildman–Crippen LogP) is 1.43. The molecule has 2 aliphatic heterocycles. The molecule has 13 heavy (non-hydrogen) atoms. The highest BCUT2D eigenvalue weighted by Gasteiger charge is 2.16. The van der Waals surface area contributed by atoms with Gasteiger partial charge in [0.2, 0.25) is 0 Å². The average Bonchev–Trinajstić information content (AvgIpc) is 2.11. The topological polar surface area (TPSA) is 21.3 Å². The van der Waals surface area contributed by atoms with Crippen LogP contribution in [0.5, 0.6) is 0 Å². The second-order valence-electron chi connectivity index (χ2n) is 3.63. The van der Waals surface area contributed by atoms with Gasteiger partial charge in [0.1, 0.15) is 0 Å². The van der Waals surface area contributed by atoms with E-state index >= 15 is 0 Å². The number of hydrogen-bond donors (Lipinski definition) is 1. The Bertz CT molecular complexity index is 189. The van der Waals surface area contributed by atoms with Crippen molar-refractivity contribution in [1.29, 1.82) is 0 Å². The van der Waals surface area contributed by atoms with Crippen molar-refractivity contribution in [2.75, 3.05) is 31.3 Å². The highest BCUT2D eigenvalue weighted by Crippen LogP contribution is 2.17. The maximum atomic E-state index is 5.26. The molecule has 0 aromatic carbocycles. The third-order valence-electron chi connectivity index (χ3n) is 2.57. The smallest absolute Gasteiger partial charge is 0.0650 e. The molecule has 0 aromatic rings. The molecule has 74 valence electrons. The van der Waals surface area contributed by atoms with E-state index in [0.29, 0.717) is 0 Å². The molecule has 2 heterocycles. The van der Waals surface area contributed by atoms with E-state index in [1.54, 1.807) is 5.57 Å². The minimum atomic E-state index is 0.797. The molecule has 0 amide bonds. The number of nitrogens with one attached hydrogen (secondary N) is 1. The van der Waals surface area contributed by atoms with Crippen LogP contribution in [-0.2, 0) is 4.74 Å². The van der Waals surface area contributed by atoms with Gasteiger partial charge in [-0.15, -0.1) is 0 Å². The molecule has 0 radical (unpaired) electrons. The fraction of sp³-hybridized carbons (Fsp3) is 0.800. The van der Waals surface area contributed by atoms with E-state index in [9.17, 15) is 0 Å². The molecule has 2 nitrogen and oxygen atoms in total. The van der Waals surface area contributed by atoms with Gasteiger partial charge < -0.3 is 10.1 Å². The van der Waals surface area contributed by atoms with Crippen LogP contribution in [-0.4, -0.2) is 37.3 Å². The van der Waals surface area contributed by atoms with E-state index in [4.69, 9.17) is 4.74 Å². The second-order valence-corrected chi connectivity index (χ2v) is 4.70. The zero-order valence-corrected chi connectivity index (χ0v) is 8.74. The number of thioether (sulfide) groups is 1. The minimum Gasteiger partial charge on any atom is -0.377 e. The molecule has 0 spiro atoms. The quantitative estimate of drug-likeness (QED) is 0.692. The maximum Gasteiger partial charge on any atom is 0.0650 e. The molecule has 3 heteroatoms. The maximum absolute atomic E-state index is 5.26. The van der Waals surface area contributed by atoms with Crippen LogP contribution in [0.2, 0.25) is 0 Å². The van der Waals surface area contributed by atoms with Gasteiger partial charge in [-0.2, -0.15) is 11.8 Å². The molecule has 1 saturated heterocycles. The van der Waals surface area contributed by atoms with Crippen LogP contribution in [0.15, 0.2) is 11.6 Å². The Kier molecular flexibility index (Phi) is 3.70. The van der Waals surface area contributed by atoms with Crippen LogP contribution in [0.25, 0.3) is 0 Å². The molecular weight excluding hydrogens is 182 g/mol. The molecule has 0 unspecified atom stereocenters. The van der Waals surface area contributed by atoms with Gasteiger partial charge in [0.15, 0.2) is 0 Å². The first-order valence-corrected chi connectivity index (χ1v) is 6.17. The van der Waals surface area contributed by atoms with Crippen molar-refractivity contribution in [3.05, 3.63) is 11.6 Å². The Morgan fingerprint density at radius 2 is 2.46 bits per heavy atom. The van der Waals surface area contributed by atoms with Crippen molar-refractivity contribution in [2.24, 2.45) is 0 Å². The largest absolute Gasteiger partial charge is 0.377 e. The Balaban J connectivity index is 1.58. The lowest BCUT2D eigenvalue weighted by atomic mass is 10.1. The van der Waals surface area contributed by atoms with Crippen molar-refractivity contribution in [3.8, 4) is 0 Å². The van der Waals surface area contributed by atoms with Crippen molar-refractivity contribution in [1.82, 2.24) is 5.32 Å². The summed E-state index contributed by atoms with van der Waals surface area (Å²) in [5, 5.41) is 3.56. The summed E-state index contributed by atoms with van der Waals surface area (Å²) in [6, 6.07) is 0.797. The lowest BCUT2D eigenvalue weighted by Crippen LogP contribution is -2.40. The summed E-state index contributed by atoms with van der Waals surface area (Å²) in [5.74, 6) is 2.62. The monoisotopic (exact) mass is 199 g/mol. The van der Waals surface area contributed by atoms with Crippen molar-refractivity contribution in [2.45, 2.75) is 18.9 Å². The van der Waals surface area contributed by atoms with Crippen LogP contribution < -0.4 is 5.32 Å². The van der Waals surface area contributed by atoms with Crippen LogP contribution >= 0.6 is 11.8 Å². The van der Waals surface area contributed by atoms with E-state index in [1.165, 1.54) is 17.9 Å². The molecule has 2 rings (SSSR count). The molecular formula is C10H17NOS. The summed E-state index contributed by atoms with van der Waals surface area (Å²) < 4.78 is 5.26. The van der Waals surface area contributed by atoms with E-state index < -0.39 is 0 Å². The first kappa shape index (κ1) is 9.56. The Morgan fingerprint density at radius 1 is 1.54 bits per heavy atom. The zero-order valence-electron chi connectivity index (χ0n) is 7.92. The van der Waals surface area contributed by atoms with E-state index in [0.717, 1.165) is 32.2 Å². The third-order valence-corrected chi connectivity index (χ3v) is 3.85. The minimum absolute atomic E-state index is 0.797. The lowest BCUT2D eigenvalue weighted by molar-refractivity contribution is 0.153. The Labute approximate surface area is 84.1 Å². The third kappa shape index (κ3) is 3.01. The van der Waals surface area contributed by atoms with Crippen molar-refractivity contribution >= 4 is 11.8 Å². The highest BCUT2D eigenvalue weighted by atomic mass is 32.2. The average molecular weight is 199 g/mol. The summed E-state index contributed by atoms with van der Waals surface area (Å²) in [5.41, 5.74) is 1.57. The first-order valence-electron chi connectivity index (χ1n) is 5.02. The van der Waals surface area contributed by atoms with Crippen molar-refractivity contribution < 1.29 is 4.74 Å². The van der Waals surface area contributed by atoms with Gasteiger partial charge in [-0.1, -0.05) is 11.6 Å². The van der Waals surface area contributed by atoms with E-state index in [-0.39, 0.29) is 0 Å². The number of rotatable bonds is 4. The van der Waals surface area contributed by atoms with Crippen LogP contribution in [0.1, 0.15) is 12.8 Å². The standard InChI is InChI=1S/C10H17NOS/c1(4-11-10-7-13-8-10)9-2-5-12-6-3-9/h2,10-11H,1,3-8H2. The fourth-order valence-corrected chi connectivity index (χ4v) is 2.29. The van der Waals surface area contributed by atoms with Crippen LogP contribution in [0.3, 0.4) is 0 Å². The summed E-state index contributed by atoms with van der Waals surface area (Å²) in [4.78, 5) is 0. The lowest BCUT2D eigenvalue weighted by Gasteiger charge is -2.26. The molecule has 0 atom stereocenters. The molecule has 0 aliphatic carbocycles. The summed E-state index contributed by atoms with van der Waals surface area (Å²) in [6.07, 6.45) is 4.59. The zero-order chi connectivity index (χ0) is 8.93. The van der Waals surface area contributed by atoms with Gasteiger partial charge in [-0.25, -0.2) is 0 Å². The number of hydrogen-bond acceptors (Lipinski definition) is 3. The number of ether oxygens (including phenoxy) is 1. The van der Waals surface area contributed by atoms with Gasteiger partial charge in [0, 0.05) is 17.5 Å². The van der Waals surface area contributed by atoms with E-state index in [2.05, 4.69) is 11.4 Å². The van der Waals surface area contributed by atoms with Crippen molar-refractivity contribution in [3.63, 3.8) is 0 Å². The van der Waals surface area contributed by atoms with Gasteiger partial charge in [0.25, 0.3) is 0 Å². The molecule has 0 saturated carbocycles. The molecule has 0 bridgehead atoms. The summed E-state index contributed by atoms with van der Waals surface area (Å²) in [7, 11) is 0. The van der Waals surface area contributed by atoms with Gasteiger partial charge >= 0.3 is 0 Å². The Hall–Kier alpha value is 0.01000. The predicted molar refractivity (Wildman–Crippen MR) is 57.3 cm³/mol. The van der Waals surface area contributed by atoms with Crippen LogP contribution in [0.4, 0.5) is 0 Å². The molecule has 1 N–H and O–H groups in total. The second kappa shape index (κ2) is 5.03. The summed E-state index contributed by atoms with van der Waals surface area (Å²) in [6.45, 7) is 2.90. The highest BCUT2D eigenvalue weighted by molar-refractivity contribution is 8.00.